The molecule has 0 saturated heterocycles. The number of fused-ring (bicyclic) bond motifs is 2. The maximum Gasteiger partial charge on any atom is 0.330 e. The molecule has 0 aliphatic heterocycles. The van der Waals surface area contributed by atoms with Gasteiger partial charge in [-0.3, -0.25) is 4.79 Å². The number of carboxylic acids is 2. The van der Waals surface area contributed by atoms with E-state index in [9.17, 15) is 14.7 Å². The van der Waals surface area contributed by atoms with Crippen molar-refractivity contribution in [2.24, 2.45) is 45.3 Å². The molecule has 0 aromatic heterocycles. The average Bonchev–Trinajstić information content (AvgIpc) is 3.35. The molecule has 0 heterocycles. The van der Waals surface area contributed by atoms with Crippen molar-refractivity contribution in [2.75, 3.05) is 0 Å². The van der Waals surface area contributed by atoms with Crippen LogP contribution in [0.3, 0.4) is 0 Å². The Labute approximate surface area is 206 Å². The van der Waals surface area contributed by atoms with Gasteiger partial charge in [0.25, 0.3) is 0 Å². The van der Waals surface area contributed by atoms with Gasteiger partial charge in [-0.05, 0) is 123 Å². The largest absolute Gasteiger partial charge is 0.481 e. The van der Waals surface area contributed by atoms with Gasteiger partial charge >= 0.3 is 11.9 Å². The second-order valence-corrected chi connectivity index (χ2v) is 13.1. The van der Waals surface area contributed by atoms with Gasteiger partial charge in [-0.15, -0.1) is 0 Å². The lowest BCUT2D eigenvalue weighted by molar-refractivity contribution is -0.139. The van der Waals surface area contributed by atoms with E-state index in [1.165, 1.54) is 50.5 Å². The minimum absolute atomic E-state index is 0.160. The van der Waals surface area contributed by atoms with Crippen LogP contribution >= 0.6 is 0 Å². The molecule has 4 aliphatic rings. The summed E-state index contributed by atoms with van der Waals surface area (Å²) in [7, 11) is 0. The summed E-state index contributed by atoms with van der Waals surface area (Å²) in [4.78, 5) is 22.7. The van der Waals surface area contributed by atoms with Gasteiger partial charge in [0.2, 0.25) is 0 Å². The highest BCUT2D eigenvalue weighted by molar-refractivity contribution is 5.85. The maximum absolute atomic E-state index is 11.6. The predicted octanol–water partition coefficient (Wildman–Crippen LogP) is 7.49. The zero-order valence-corrected chi connectivity index (χ0v) is 22.1. The molecule has 4 nitrogen and oxygen atoms in total. The maximum atomic E-state index is 11.6. The minimum atomic E-state index is -0.813. The fourth-order valence-electron chi connectivity index (χ4n) is 10.1. The Morgan fingerprint density at radius 3 is 2.38 bits per heavy atom. The standard InChI is InChI=1S/C30H46O4/c1-19(2)22-10-11-24-28(6)14-12-23(20(3)8-7-9-21(4)26(33)34)27(28,5)16-17-30(24)18-29(22,30)15-13-25(31)32/h9,20,22-24H,1,7-8,10-18H2,2-6H3,(H,31,32)(H,33,34)/b21-9-/t20-,22-,23-,24?,27-,28-,29-,30?/m1/s1. The van der Waals surface area contributed by atoms with Crippen molar-refractivity contribution in [1.82, 2.24) is 0 Å². The molecule has 190 valence electrons. The van der Waals surface area contributed by atoms with E-state index in [1.807, 2.05) is 6.08 Å². The molecule has 0 bridgehead atoms. The van der Waals surface area contributed by atoms with Crippen molar-refractivity contribution in [3.8, 4) is 0 Å². The van der Waals surface area contributed by atoms with E-state index in [0.717, 1.165) is 19.3 Å². The number of carboxylic acid groups (broad SMARTS) is 2. The summed E-state index contributed by atoms with van der Waals surface area (Å²) in [5.41, 5.74) is 2.81. The smallest absolute Gasteiger partial charge is 0.330 e. The number of carbonyl (C=O) groups is 2. The van der Waals surface area contributed by atoms with E-state index in [0.29, 0.717) is 45.5 Å². The molecule has 0 aromatic rings. The molecule has 8 atom stereocenters. The molecule has 34 heavy (non-hydrogen) atoms. The molecular weight excluding hydrogens is 424 g/mol. The van der Waals surface area contributed by atoms with Crippen LogP contribution in [-0.2, 0) is 9.59 Å². The Hall–Kier alpha value is -1.58. The molecule has 4 heteroatoms. The first kappa shape index (κ1) is 25.5. The van der Waals surface area contributed by atoms with Crippen molar-refractivity contribution in [1.29, 1.82) is 0 Å². The van der Waals surface area contributed by atoms with Crippen LogP contribution < -0.4 is 0 Å². The SMILES string of the molecule is C=C(C)[C@H]1CCC2C3(CC[C@]4(C)[C@@H]([C@H](C)CC/C=C(/C)C(=O)O)CC[C@]24C)C[C@]13CCC(=O)O. The predicted molar refractivity (Wildman–Crippen MR) is 135 cm³/mol. The summed E-state index contributed by atoms with van der Waals surface area (Å²) in [5, 5.41) is 18.7. The number of allylic oxidation sites excluding steroid dienone is 2. The van der Waals surface area contributed by atoms with Crippen LogP contribution in [0, 0.1) is 45.3 Å². The van der Waals surface area contributed by atoms with E-state index >= 15 is 0 Å². The van der Waals surface area contributed by atoms with Gasteiger partial charge in [0.1, 0.15) is 0 Å². The highest BCUT2D eigenvalue weighted by atomic mass is 16.4. The quantitative estimate of drug-likeness (QED) is 0.270. The first-order valence-corrected chi connectivity index (χ1v) is 13.6. The van der Waals surface area contributed by atoms with Crippen molar-refractivity contribution < 1.29 is 19.8 Å². The van der Waals surface area contributed by atoms with Gasteiger partial charge in [-0.2, -0.15) is 0 Å². The van der Waals surface area contributed by atoms with Gasteiger partial charge < -0.3 is 10.2 Å². The highest BCUT2D eigenvalue weighted by Crippen LogP contribution is 2.87. The summed E-state index contributed by atoms with van der Waals surface area (Å²) < 4.78 is 0. The van der Waals surface area contributed by atoms with Crippen LogP contribution in [-0.4, -0.2) is 22.2 Å². The lowest BCUT2D eigenvalue weighted by Gasteiger charge is -2.61. The molecule has 4 saturated carbocycles. The van der Waals surface area contributed by atoms with Crippen LogP contribution in [0.2, 0.25) is 0 Å². The van der Waals surface area contributed by atoms with Crippen LogP contribution in [0.5, 0.6) is 0 Å². The van der Waals surface area contributed by atoms with Gasteiger partial charge in [0.05, 0.1) is 0 Å². The number of aliphatic carboxylic acids is 2. The second kappa shape index (κ2) is 8.52. The van der Waals surface area contributed by atoms with Crippen molar-refractivity contribution in [3.05, 3.63) is 23.8 Å². The van der Waals surface area contributed by atoms with Gasteiger partial charge in [0, 0.05) is 12.0 Å². The second-order valence-electron chi connectivity index (χ2n) is 13.1. The summed E-state index contributed by atoms with van der Waals surface area (Å²) in [6, 6.07) is 0. The van der Waals surface area contributed by atoms with Crippen LogP contribution in [0.1, 0.15) is 105 Å². The lowest BCUT2D eigenvalue weighted by atomic mass is 9.43. The van der Waals surface area contributed by atoms with Gasteiger partial charge in [-0.1, -0.05) is 39.0 Å². The lowest BCUT2D eigenvalue weighted by Crippen LogP contribution is -2.54. The van der Waals surface area contributed by atoms with Gasteiger partial charge in [0.15, 0.2) is 0 Å². The molecular formula is C30H46O4. The fraction of sp³-hybridized carbons (Fsp3) is 0.800. The number of hydrogen-bond donors (Lipinski definition) is 2. The van der Waals surface area contributed by atoms with Crippen molar-refractivity contribution >= 4 is 11.9 Å². The third kappa shape index (κ3) is 3.53. The molecule has 2 N–H and O–H groups in total. The topological polar surface area (TPSA) is 74.6 Å². The molecule has 4 rings (SSSR count). The van der Waals surface area contributed by atoms with E-state index in [2.05, 4.69) is 34.3 Å². The first-order chi connectivity index (χ1) is 15.8. The molecule has 2 unspecified atom stereocenters. The molecule has 4 fully saturated rings. The zero-order chi connectivity index (χ0) is 25.1. The molecule has 4 aliphatic carbocycles. The summed E-state index contributed by atoms with van der Waals surface area (Å²) in [5.74, 6) is 0.964. The van der Waals surface area contributed by atoms with E-state index < -0.39 is 11.9 Å². The fourth-order valence-corrected chi connectivity index (χ4v) is 10.1. The molecule has 0 amide bonds. The van der Waals surface area contributed by atoms with Crippen molar-refractivity contribution in [3.63, 3.8) is 0 Å². The Kier molecular flexibility index (Phi) is 6.39. The molecule has 1 spiro atoms. The zero-order valence-electron chi connectivity index (χ0n) is 22.1. The number of hydrogen-bond acceptors (Lipinski definition) is 2. The van der Waals surface area contributed by atoms with E-state index in [-0.39, 0.29) is 11.8 Å². The monoisotopic (exact) mass is 470 g/mol. The third-order valence-electron chi connectivity index (χ3n) is 12.0. The Balaban J connectivity index is 1.56. The first-order valence-electron chi connectivity index (χ1n) is 13.6. The third-order valence-corrected chi connectivity index (χ3v) is 12.0. The number of rotatable bonds is 9. The Morgan fingerprint density at radius 2 is 1.76 bits per heavy atom. The highest BCUT2D eigenvalue weighted by Gasteiger charge is 2.80. The summed E-state index contributed by atoms with van der Waals surface area (Å²) in [6.07, 6.45) is 13.6. The van der Waals surface area contributed by atoms with E-state index in [4.69, 9.17) is 5.11 Å². The molecule has 0 radical (unpaired) electrons. The van der Waals surface area contributed by atoms with E-state index in [1.54, 1.807) is 6.92 Å². The molecule has 0 aromatic carbocycles. The average molecular weight is 471 g/mol. The van der Waals surface area contributed by atoms with Crippen LogP contribution in [0.4, 0.5) is 0 Å². The summed E-state index contributed by atoms with van der Waals surface area (Å²) in [6.45, 7) is 15.8. The van der Waals surface area contributed by atoms with Crippen LogP contribution in [0.25, 0.3) is 0 Å². The normalized spacial score (nSPS) is 43.9. The minimum Gasteiger partial charge on any atom is -0.481 e. The van der Waals surface area contributed by atoms with Gasteiger partial charge in [-0.25, -0.2) is 4.79 Å². The summed E-state index contributed by atoms with van der Waals surface area (Å²) >= 11 is 0. The van der Waals surface area contributed by atoms with Crippen molar-refractivity contribution in [2.45, 2.75) is 105 Å². The Morgan fingerprint density at radius 1 is 1.06 bits per heavy atom. The van der Waals surface area contributed by atoms with Crippen LogP contribution in [0.15, 0.2) is 23.8 Å². The Bertz CT molecular complexity index is 903.